The zero-order chi connectivity index (χ0) is 19.1. The van der Waals surface area contributed by atoms with Gasteiger partial charge in [-0.25, -0.2) is 0 Å². The lowest BCUT2D eigenvalue weighted by Crippen LogP contribution is -2.17. The second-order valence-corrected chi connectivity index (χ2v) is 6.59. The van der Waals surface area contributed by atoms with Crippen LogP contribution in [0.5, 0.6) is 5.75 Å². The molecule has 1 aliphatic rings. The average molecular weight is 376 g/mol. The zero-order valence-corrected chi connectivity index (χ0v) is 14.8. The molecule has 0 N–H and O–H groups in total. The van der Waals surface area contributed by atoms with Crippen molar-refractivity contribution in [2.75, 3.05) is 0 Å². The van der Waals surface area contributed by atoms with E-state index in [1.54, 1.807) is 0 Å². The maximum absolute atomic E-state index is 12.1. The van der Waals surface area contributed by atoms with Gasteiger partial charge in [0, 0.05) is 5.56 Å². The lowest BCUT2D eigenvalue weighted by atomic mass is 9.82. The zero-order valence-electron chi connectivity index (χ0n) is 14.8. The fourth-order valence-corrected chi connectivity index (χ4v) is 3.34. The smallest absolute Gasteiger partial charge is 0.406 e. The van der Waals surface area contributed by atoms with Gasteiger partial charge in [0.15, 0.2) is 0 Å². The molecular formula is C21H21F3NO2. The van der Waals surface area contributed by atoms with Crippen LogP contribution >= 0.6 is 0 Å². The van der Waals surface area contributed by atoms with Crippen molar-refractivity contribution in [3.05, 3.63) is 65.2 Å². The number of benzene rings is 2. The Morgan fingerprint density at radius 1 is 0.963 bits per heavy atom. The van der Waals surface area contributed by atoms with Crippen LogP contribution in [0.3, 0.4) is 0 Å². The number of rotatable bonds is 6. The first kappa shape index (κ1) is 19.3. The largest absolute Gasteiger partial charge is 0.573 e. The summed E-state index contributed by atoms with van der Waals surface area (Å²) in [5, 5.41) is 3.91. The summed E-state index contributed by atoms with van der Waals surface area (Å²) in [4.78, 5) is 5.26. The van der Waals surface area contributed by atoms with Crippen molar-refractivity contribution in [1.29, 1.82) is 0 Å². The highest BCUT2D eigenvalue weighted by Gasteiger charge is 2.30. The van der Waals surface area contributed by atoms with Crippen LogP contribution in [-0.2, 0) is 11.4 Å². The van der Waals surface area contributed by atoms with Crippen LogP contribution in [0, 0.1) is 0 Å². The molecule has 1 fully saturated rings. The van der Waals surface area contributed by atoms with Crippen molar-refractivity contribution in [2.24, 2.45) is 5.16 Å². The maximum Gasteiger partial charge on any atom is 0.573 e. The van der Waals surface area contributed by atoms with E-state index in [0.717, 1.165) is 5.56 Å². The Bertz CT molecular complexity index is 751. The summed E-state index contributed by atoms with van der Waals surface area (Å²) in [5.41, 5.74) is 2.87. The number of ether oxygens (including phenoxy) is 1. The Morgan fingerprint density at radius 3 is 2.37 bits per heavy atom. The van der Waals surface area contributed by atoms with Crippen LogP contribution in [0.25, 0.3) is 0 Å². The van der Waals surface area contributed by atoms with Gasteiger partial charge in [0.05, 0.1) is 0 Å². The van der Waals surface area contributed by atoms with Gasteiger partial charge in [-0.15, -0.1) is 13.2 Å². The summed E-state index contributed by atoms with van der Waals surface area (Å²) in [7, 11) is 0. The van der Waals surface area contributed by atoms with Gasteiger partial charge in [-0.2, -0.15) is 0 Å². The Morgan fingerprint density at radius 2 is 1.67 bits per heavy atom. The van der Waals surface area contributed by atoms with Crippen molar-refractivity contribution >= 4 is 6.21 Å². The average Bonchev–Trinajstić information content (AvgIpc) is 2.66. The van der Waals surface area contributed by atoms with Crippen molar-refractivity contribution in [2.45, 2.75) is 51.0 Å². The molecule has 2 aromatic carbocycles. The van der Waals surface area contributed by atoms with Crippen LogP contribution in [0.2, 0.25) is 0 Å². The molecule has 0 unspecified atom stereocenters. The number of halogens is 3. The molecule has 143 valence electrons. The molecule has 0 heterocycles. The van der Waals surface area contributed by atoms with Crippen molar-refractivity contribution < 1.29 is 22.7 Å². The molecule has 0 spiro atoms. The SMILES string of the molecule is FC(F)(F)Oc1ccc(CO/N=[C]\c2ccccc2C2CCCCC2)cc1. The predicted molar refractivity (Wildman–Crippen MR) is 96.7 cm³/mol. The van der Waals surface area contributed by atoms with Gasteiger partial charge in [-0.05, 0) is 42.0 Å². The standard InChI is InChI=1S/C21H21F3NO2/c22-21(23,24)27-19-12-10-16(11-13-19)15-26-25-14-18-8-4-5-9-20(18)17-6-2-1-3-7-17/h4-5,8-13,17H,1-3,6-7,15H2. The number of hydrogen-bond donors (Lipinski definition) is 0. The van der Waals surface area contributed by atoms with E-state index in [4.69, 9.17) is 4.84 Å². The van der Waals surface area contributed by atoms with E-state index in [-0.39, 0.29) is 12.4 Å². The molecular weight excluding hydrogens is 355 g/mol. The van der Waals surface area contributed by atoms with E-state index in [1.165, 1.54) is 61.9 Å². The molecule has 2 aromatic rings. The first-order valence-corrected chi connectivity index (χ1v) is 9.03. The second kappa shape index (κ2) is 8.93. The van der Waals surface area contributed by atoms with Crippen molar-refractivity contribution in [3.8, 4) is 5.75 Å². The summed E-state index contributed by atoms with van der Waals surface area (Å²) < 4.78 is 40.3. The minimum atomic E-state index is -4.69. The topological polar surface area (TPSA) is 30.8 Å². The number of hydrogen-bond acceptors (Lipinski definition) is 3. The van der Waals surface area contributed by atoms with Gasteiger partial charge in [-0.1, -0.05) is 60.8 Å². The van der Waals surface area contributed by atoms with Crippen molar-refractivity contribution in [3.63, 3.8) is 0 Å². The molecule has 0 atom stereocenters. The quantitative estimate of drug-likeness (QED) is 0.453. The molecule has 3 nitrogen and oxygen atoms in total. The van der Waals surface area contributed by atoms with Gasteiger partial charge in [0.1, 0.15) is 18.6 Å². The Hall–Kier alpha value is -2.50. The summed E-state index contributed by atoms with van der Waals surface area (Å²) >= 11 is 0. The monoisotopic (exact) mass is 376 g/mol. The highest BCUT2D eigenvalue weighted by molar-refractivity contribution is 5.81. The third-order valence-electron chi connectivity index (χ3n) is 4.62. The molecule has 0 aliphatic heterocycles. The van der Waals surface area contributed by atoms with Gasteiger partial charge in [0.2, 0.25) is 0 Å². The first-order chi connectivity index (χ1) is 13.0. The van der Waals surface area contributed by atoms with Gasteiger partial charge in [0.25, 0.3) is 0 Å². The van der Waals surface area contributed by atoms with Crippen LogP contribution < -0.4 is 4.74 Å². The van der Waals surface area contributed by atoms with Gasteiger partial charge in [-0.3, -0.25) is 0 Å². The fraction of sp³-hybridized carbons (Fsp3) is 0.381. The first-order valence-electron chi connectivity index (χ1n) is 9.03. The molecule has 0 saturated heterocycles. The molecule has 1 aliphatic carbocycles. The summed E-state index contributed by atoms with van der Waals surface area (Å²) in [6.45, 7) is 0.144. The normalized spacial score (nSPS) is 15.8. The summed E-state index contributed by atoms with van der Waals surface area (Å²) in [6, 6.07) is 13.6. The third-order valence-corrected chi connectivity index (χ3v) is 4.62. The number of nitrogens with zero attached hydrogens (tertiary/aromatic N) is 1. The van der Waals surface area contributed by atoms with Crippen LogP contribution in [0.15, 0.2) is 53.7 Å². The minimum Gasteiger partial charge on any atom is -0.406 e. The molecule has 0 amide bonds. The molecule has 1 radical (unpaired) electrons. The highest BCUT2D eigenvalue weighted by atomic mass is 19.4. The summed E-state index contributed by atoms with van der Waals surface area (Å²) in [6.07, 6.45) is 4.43. The Kier molecular flexibility index (Phi) is 6.37. The predicted octanol–water partition coefficient (Wildman–Crippen LogP) is 6.06. The van der Waals surface area contributed by atoms with Crippen LogP contribution in [-0.4, -0.2) is 12.6 Å². The molecule has 6 heteroatoms. The molecule has 0 aromatic heterocycles. The van der Waals surface area contributed by atoms with Gasteiger partial charge >= 0.3 is 6.36 Å². The molecule has 1 saturated carbocycles. The number of alkyl halides is 3. The lowest BCUT2D eigenvalue weighted by Gasteiger charge is -2.23. The van der Waals surface area contributed by atoms with E-state index in [2.05, 4.69) is 22.2 Å². The Balaban J connectivity index is 1.55. The van der Waals surface area contributed by atoms with E-state index in [1.807, 2.05) is 18.2 Å². The molecule has 27 heavy (non-hydrogen) atoms. The van der Waals surface area contributed by atoms with Crippen LogP contribution in [0.4, 0.5) is 13.2 Å². The van der Waals surface area contributed by atoms with E-state index < -0.39 is 6.36 Å². The highest BCUT2D eigenvalue weighted by Crippen LogP contribution is 2.33. The molecule has 3 rings (SSSR count). The van der Waals surface area contributed by atoms with E-state index in [9.17, 15) is 13.2 Å². The summed E-state index contributed by atoms with van der Waals surface area (Å²) in [5.74, 6) is 0.279. The van der Waals surface area contributed by atoms with E-state index in [0.29, 0.717) is 11.5 Å². The third kappa shape index (κ3) is 6.01. The van der Waals surface area contributed by atoms with Crippen LogP contribution in [0.1, 0.15) is 54.7 Å². The van der Waals surface area contributed by atoms with Gasteiger partial charge < -0.3 is 9.57 Å². The fourth-order valence-electron chi connectivity index (χ4n) is 3.34. The second-order valence-electron chi connectivity index (χ2n) is 6.59. The Labute approximate surface area is 156 Å². The van der Waals surface area contributed by atoms with Crippen molar-refractivity contribution in [1.82, 2.24) is 0 Å². The minimum absolute atomic E-state index is 0.144. The van der Waals surface area contributed by atoms with E-state index >= 15 is 0 Å². The lowest BCUT2D eigenvalue weighted by molar-refractivity contribution is -0.274. The maximum atomic E-state index is 12.1. The molecule has 0 bridgehead atoms.